The topological polar surface area (TPSA) is 122 Å². The van der Waals surface area contributed by atoms with Crippen molar-refractivity contribution in [1.82, 2.24) is 15.1 Å². The molecule has 0 unspecified atom stereocenters. The number of phenols is 1. The van der Waals surface area contributed by atoms with Gasteiger partial charge in [0.1, 0.15) is 6.04 Å². The van der Waals surface area contributed by atoms with Gasteiger partial charge in [-0.2, -0.15) is 0 Å². The molecule has 2 atom stereocenters. The van der Waals surface area contributed by atoms with Gasteiger partial charge in [-0.1, -0.05) is 12.1 Å². The van der Waals surface area contributed by atoms with Crippen LogP contribution in [0.2, 0.25) is 0 Å². The quantitative estimate of drug-likeness (QED) is 0.414. The van der Waals surface area contributed by atoms with Crippen LogP contribution in [-0.2, 0) is 20.9 Å². The van der Waals surface area contributed by atoms with E-state index >= 15 is 0 Å². The highest BCUT2D eigenvalue weighted by atomic mass is 16.7. The number of nitrogens with zero attached hydrogens (tertiary/aromatic N) is 3. The number of rotatable bonds is 7. The van der Waals surface area contributed by atoms with Gasteiger partial charge in [0, 0.05) is 32.7 Å². The molecular weight excluding hydrogens is 492 g/mol. The fourth-order valence-corrected chi connectivity index (χ4v) is 4.87. The van der Waals surface area contributed by atoms with Crippen molar-refractivity contribution in [1.29, 1.82) is 0 Å². The van der Waals surface area contributed by atoms with Crippen molar-refractivity contribution >= 4 is 17.8 Å². The summed E-state index contributed by atoms with van der Waals surface area (Å²) < 4.78 is 21.6. The Morgan fingerprint density at radius 1 is 1.08 bits per heavy atom. The summed E-state index contributed by atoms with van der Waals surface area (Å²) in [4.78, 5) is 35.1. The summed E-state index contributed by atoms with van der Waals surface area (Å²) in [6.45, 7) is 7.87. The average molecular weight is 525 g/mol. The number of piperazine rings is 1. The van der Waals surface area contributed by atoms with Crippen molar-refractivity contribution < 1.29 is 33.6 Å². The van der Waals surface area contributed by atoms with Crippen molar-refractivity contribution in [3.05, 3.63) is 47.5 Å². The normalized spacial score (nSPS) is 21.1. The molecule has 2 aromatic carbocycles. The van der Waals surface area contributed by atoms with Crippen molar-refractivity contribution in [3.63, 3.8) is 0 Å². The first-order valence-electron chi connectivity index (χ1n) is 12.8. The standard InChI is InChI=1S/C27H32N4O7/c1-3-35-21-14-18(6-7-19(21)32)24-23(26(34)36-4-2)25(33)29-27(28-24)31-11-9-30(10-12-31)15-17-5-8-20-22(13-17)38-16-37-20/h5-8,13-14,23-24,32H,3-4,9-12,15-16H2,1-2H3,(H,28,29,33)/t23-,24-/m1/s1. The number of hydrogen-bond donors (Lipinski definition) is 2. The van der Waals surface area contributed by atoms with Crippen LogP contribution in [-0.4, -0.2) is 78.9 Å². The van der Waals surface area contributed by atoms with Gasteiger partial charge in [-0.25, -0.2) is 4.99 Å². The Kier molecular flexibility index (Phi) is 7.54. The van der Waals surface area contributed by atoms with Crippen molar-refractivity contribution in [2.45, 2.75) is 26.4 Å². The van der Waals surface area contributed by atoms with Crippen LogP contribution in [0.5, 0.6) is 23.0 Å². The Labute approximate surface area is 220 Å². The Balaban J connectivity index is 1.32. The van der Waals surface area contributed by atoms with E-state index in [0.29, 0.717) is 31.2 Å². The molecule has 2 N–H and O–H groups in total. The van der Waals surface area contributed by atoms with Gasteiger partial charge in [-0.3, -0.25) is 19.8 Å². The van der Waals surface area contributed by atoms with Gasteiger partial charge in [0.05, 0.1) is 13.2 Å². The van der Waals surface area contributed by atoms with Crippen LogP contribution in [0.15, 0.2) is 41.4 Å². The molecule has 2 aromatic rings. The van der Waals surface area contributed by atoms with E-state index in [1.165, 1.54) is 6.07 Å². The molecule has 3 aliphatic heterocycles. The second-order valence-corrected chi connectivity index (χ2v) is 9.23. The lowest BCUT2D eigenvalue weighted by atomic mass is 9.91. The van der Waals surface area contributed by atoms with Gasteiger partial charge < -0.3 is 29.0 Å². The Morgan fingerprint density at radius 2 is 1.87 bits per heavy atom. The van der Waals surface area contributed by atoms with E-state index in [2.05, 4.69) is 10.2 Å². The summed E-state index contributed by atoms with van der Waals surface area (Å²) in [6.07, 6.45) is 0. The van der Waals surface area contributed by atoms with Crippen LogP contribution in [0, 0.1) is 5.92 Å². The number of phenolic OH excluding ortho intramolecular Hbond substituents is 1. The minimum atomic E-state index is -1.15. The molecule has 0 bridgehead atoms. The number of carbonyl (C=O) groups is 2. The average Bonchev–Trinajstić information content (AvgIpc) is 3.38. The summed E-state index contributed by atoms with van der Waals surface area (Å²) >= 11 is 0. The molecule has 5 rings (SSSR count). The summed E-state index contributed by atoms with van der Waals surface area (Å²) in [6, 6.07) is 9.92. The SMILES string of the molecule is CCOC(=O)[C@H]1C(=O)NC(N2CCN(Cc3ccc4c(c3)OCO4)CC2)=N[C@@H]1c1ccc(O)c(OCC)c1. The van der Waals surface area contributed by atoms with Crippen LogP contribution < -0.4 is 19.5 Å². The summed E-state index contributed by atoms with van der Waals surface area (Å²) in [7, 11) is 0. The third-order valence-corrected chi connectivity index (χ3v) is 6.78. The summed E-state index contributed by atoms with van der Waals surface area (Å²) in [5.74, 6) is -0.0468. The Morgan fingerprint density at radius 3 is 2.63 bits per heavy atom. The molecule has 11 heteroatoms. The smallest absolute Gasteiger partial charge is 0.321 e. The molecule has 0 aliphatic carbocycles. The van der Waals surface area contributed by atoms with E-state index in [9.17, 15) is 14.7 Å². The first kappa shape index (κ1) is 25.7. The Bertz CT molecular complexity index is 1230. The second kappa shape index (κ2) is 11.2. The number of guanidine groups is 1. The molecule has 11 nitrogen and oxygen atoms in total. The molecule has 1 fully saturated rings. The largest absolute Gasteiger partial charge is 0.504 e. The second-order valence-electron chi connectivity index (χ2n) is 9.23. The summed E-state index contributed by atoms with van der Waals surface area (Å²) in [5, 5.41) is 13.0. The van der Waals surface area contributed by atoms with Crippen LogP contribution in [0.3, 0.4) is 0 Å². The number of fused-ring (bicyclic) bond motifs is 1. The van der Waals surface area contributed by atoms with E-state index in [0.717, 1.165) is 36.7 Å². The first-order valence-corrected chi connectivity index (χ1v) is 12.8. The highest BCUT2D eigenvalue weighted by molar-refractivity contribution is 6.08. The van der Waals surface area contributed by atoms with Gasteiger partial charge in [-0.05, 0) is 49.2 Å². The molecule has 38 heavy (non-hydrogen) atoms. The molecule has 0 radical (unpaired) electrons. The molecular formula is C27H32N4O7. The number of esters is 1. The van der Waals surface area contributed by atoms with Crippen LogP contribution in [0.25, 0.3) is 0 Å². The van der Waals surface area contributed by atoms with Gasteiger partial charge in [0.2, 0.25) is 18.7 Å². The number of nitrogens with one attached hydrogen (secondary N) is 1. The van der Waals surface area contributed by atoms with Gasteiger partial charge >= 0.3 is 5.97 Å². The molecule has 0 saturated carbocycles. The minimum absolute atomic E-state index is 0.0219. The van der Waals surface area contributed by atoms with E-state index < -0.39 is 23.8 Å². The fourth-order valence-electron chi connectivity index (χ4n) is 4.87. The van der Waals surface area contributed by atoms with Gasteiger partial charge in [0.25, 0.3) is 0 Å². The number of aliphatic imine (C=N–C) groups is 1. The number of benzene rings is 2. The number of carbonyl (C=O) groups excluding carboxylic acids is 2. The lowest BCUT2D eigenvalue weighted by molar-refractivity contribution is -0.153. The molecule has 202 valence electrons. The highest BCUT2D eigenvalue weighted by Gasteiger charge is 2.42. The molecule has 3 aliphatic rings. The minimum Gasteiger partial charge on any atom is -0.504 e. The van der Waals surface area contributed by atoms with Gasteiger partial charge in [0.15, 0.2) is 28.9 Å². The van der Waals surface area contributed by atoms with E-state index in [-0.39, 0.29) is 24.9 Å². The molecule has 0 spiro atoms. The highest BCUT2D eigenvalue weighted by Crippen LogP contribution is 2.36. The molecule has 1 saturated heterocycles. The van der Waals surface area contributed by atoms with Crippen LogP contribution >= 0.6 is 0 Å². The van der Waals surface area contributed by atoms with Crippen molar-refractivity contribution in [3.8, 4) is 23.0 Å². The summed E-state index contributed by atoms with van der Waals surface area (Å²) in [5.41, 5.74) is 1.72. The first-order chi connectivity index (χ1) is 18.5. The lowest BCUT2D eigenvalue weighted by Gasteiger charge is -2.39. The third kappa shape index (κ3) is 5.33. The zero-order chi connectivity index (χ0) is 26.6. The van der Waals surface area contributed by atoms with E-state index in [1.54, 1.807) is 19.1 Å². The lowest BCUT2D eigenvalue weighted by Crippen LogP contribution is -2.57. The zero-order valence-electron chi connectivity index (χ0n) is 21.5. The molecule has 0 aromatic heterocycles. The monoisotopic (exact) mass is 524 g/mol. The number of aromatic hydroxyl groups is 1. The maximum absolute atomic E-state index is 13.2. The van der Waals surface area contributed by atoms with Crippen molar-refractivity contribution in [2.75, 3.05) is 46.2 Å². The predicted molar refractivity (Wildman–Crippen MR) is 137 cm³/mol. The van der Waals surface area contributed by atoms with Crippen LogP contribution in [0.1, 0.15) is 31.0 Å². The zero-order valence-corrected chi connectivity index (χ0v) is 21.5. The van der Waals surface area contributed by atoms with Crippen molar-refractivity contribution in [2.24, 2.45) is 10.9 Å². The van der Waals surface area contributed by atoms with E-state index in [1.807, 2.05) is 30.0 Å². The molecule has 1 amide bonds. The van der Waals surface area contributed by atoms with E-state index in [4.69, 9.17) is 23.9 Å². The number of amides is 1. The van der Waals surface area contributed by atoms with Gasteiger partial charge in [-0.15, -0.1) is 0 Å². The maximum Gasteiger partial charge on any atom is 0.321 e. The predicted octanol–water partition coefficient (Wildman–Crippen LogP) is 2.04. The Hall–Kier alpha value is -3.99. The fraction of sp³-hybridized carbons (Fsp3) is 0.444. The maximum atomic E-state index is 13.2. The van der Waals surface area contributed by atoms with Crippen LogP contribution in [0.4, 0.5) is 0 Å². The number of ether oxygens (including phenoxy) is 4. The third-order valence-electron chi connectivity index (χ3n) is 6.78. The number of hydrogen-bond acceptors (Lipinski definition) is 10. The molecule has 3 heterocycles.